The second-order valence-corrected chi connectivity index (χ2v) is 8.23. The molecule has 3 rings (SSSR count). The maximum atomic E-state index is 12.6. The molecule has 1 aromatic rings. The van der Waals surface area contributed by atoms with Crippen molar-refractivity contribution in [1.29, 1.82) is 0 Å². The van der Waals surface area contributed by atoms with Crippen LogP contribution in [0.25, 0.3) is 0 Å². The molecule has 1 amide bonds. The summed E-state index contributed by atoms with van der Waals surface area (Å²) in [4.78, 5) is 16.4. The molecule has 0 unspecified atom stereocenters. The first-order valence-corrected chi connectivity index (χ1v) is 9.95. The number of sulfonamides is 1. The highest BCUT2D eigenvalue weighted by Gasteiger charge is 2.44. The number of carbonyl (C=O) groups is 1. The highest BCUT2D eigenvalue weighted by atomic mass is 32.2. The summed E-state index contributed by atoms with van der Waals surface area (Å²) in [6.07, 6.45) is 3.70. The number of hydrogen-bond donors (Lipinski definition) is 2. The number of benzene rings is 1. The number of aliphatic imine (C=N–C) groups is 1. The highest BCUT2D eigenvalue weighted by Crippen LogP contribution is 2.34. The Bertz CT molecular complexity index is 796. The lowest BCUT2D eigenvalue weighted by molar-refractivity contribution is -0.124. The number of ether oxygens (including phenoxy) is 1. The molecule has 0 atom stereocenters. The van der Waals surface area contributed by atoms with E-state index in [-0.39, 0.29) is 16.8 Å². The average molecular weight is 365 g/mol. The molecule has 2 N–H and O–H groups in total. The van der Waals surface area contributed by atoms with Crippen LogP contribution in [0.5, 0.6) is 5.75 Å². The zero-order chi connectivity index (χ0) is 18.1. The van der Waals surface area contributed by atoms with Crippen LogP contribution in [-0.2, 0) is 14.8 Å². The van der Waals surface area contributed by atoms with Crippen LogP contribution < -0.4 is 14.8 Å². The van der Waals surface area contributed by atoms with Crippen molar-refractivity contribution in [1.82, 2.24) is 10.0 Å². The molecule has 1 spiro atoms. The second-order valence-electron chi connectivity index (χ2n) is 6.52. The summed E-state index contributed by atoms with van der Waals surface area (Å²) in [5.74, 6) is 0.599. The number of nitrogens with zero attached hydrogens (tertiary/aromatic N) is 1. The van der Waals surface area contributed by atoms with Gasteiger partial charge in [0, 0.05) is 6.04 Å². The SMILES string of the molecule is CCOc1ccc(S(=O)(=O)NC2CCC3(CC2)N=CNC3=O)cc1C. The van der Waals surface area contributed by atoms with Crippen molar-refractivity contribution in [3.05, 3.63) is 23.8 Å². The summed E-state index contributed by atoms with van der Waals surface area (Å²) >= 11 is 0. The van der Waals surface area contributed by atoms with E-state index in [1.165, 1.54) is 6.34 Å². The first-order chi connectivity index (χ1) is 11.9. The van der Waals surface area contributed by atoms with Gasteiger partial charge in [0.05, 0.1) is 17.8 Å². The third-order valence-corrected chi connectivity index (χ3v) is 6.34. The Labute approximate surface area is 147 Å². The maximum absolute atomic E-state index is 12.6. The molecule has 0 saturated heterocycles. The number of nitrogens with one attached hydrogen (secondary N) is 2. The average Bonchev–Trinajstić information content (AvgIpc) is 2.92. The Morgan fingerprint density at radius 1 is 1.36 bits per heavy atom. The predicted molar refractivity (Wildman–Crippen MR) is 94.3 cm³/mol. The van der Waals surface area contributed by atoms with Crippen LogP contribution in [0, 0.1) is 6.92 Å². The van der Waals surface area contributed by atoms with E-state index in [1.54, 1.807) is 18.2 Å². The molecule has 0 aromatic heterocycles. The minimum atomic E-state index is -3.61. The lowest BCUT2D eigenvalue weighted by atomic mass is 9.80. The minimum Gasteiger partial charge on any atom is -0.494 e. The second kappa shape index (κ2) is 6.76. The molecule has 0 radical (unpaired) electrons. The van der Waals surface area contributed by atoms with Crippen molar-refractivity contribution in [3.63, 3.8) is 0 Å². The van der Waals surface area contributed by atoms with Crippen molar-refractivity contribution in [2.45, 2.75) is 56.0 Å². The summed E-state index contributed by atoms with van der Waals surface area (Å²) in [5.41, 5.74) is 0.0850. The van der Waals surface area contributed by atoms with Crippen LogP contribution in [0.1, 0.15) is 38.2 Å². The topological polar surface area (TPSA) is 96.9 Å². The van der Waals surface area contributed by atoms with E-state index < -0.39 is 15.6 Å². The van der Waals surface area contributed by atoms with E-state index in [4.69, 9.17) is 4.74 Å². The zero-order valence-electron chi connectivity index (χ0n) is 14.4. The molecular formula is C17H23N3O4S. The molecule has 1 aliphatic carbocycles. The summed E-state index contributed by atoms with van der Waals surface area (Å²) < 4.78 is 33.5. The molecule has 8 heteroatoms. The summed E-state index contributed by atoms with van der Waals surface area (Å²) in [7, 11) is -3.61. The van der Waals surface area contributed by atoms with Gasteiger partial charge in [0.25, 0.3) is 5.91 Å². The number of amides is 1. The third-order valence-electron chi connectivity index (χ3n) is 4.82. The fraction of sp³-hybridized carbons (Fsp3) is 0.529. The van der Waals surface area contributed by atoms with E-state index in [2.05, 4.69) is 15.0 Å². The van der Waals surface area contributed by atoms with E-state index in [0.29, 0.717) is 38.0 Å². The van der Waals surface area contributed by atoms with Gasteiger partial charge in [-0.2, -0.15) is 0 Å². The quantitative estimate of drug-likeness (QED) is 0.826. The summed E-state index contributed by atoms with van der Waals surface area (Å²) in [5, 5.41) is 2.61. The molecule has 7 nitrogen and oxygen atoms in total. The third kappa shape index (κ3) is 3.55. The Hall–Kier alpha value is -1.93. The van der Waals surface area contributed by atoms with Gasteiger partial charge in [0.15, 0.2) is 0 Å². The van der Waals surface area contributed by atoms with E-state index >= 15 is 0 Å². The fourth-order valence-corrected chi connectivity index (χ4v) is 4.76. The first kappa shape index (κ1) is 17.9. The summed E-state index contributed by atoms with van der Waals surface area (Å²) in [6.45, 7) is 4.24. The largest absolute Gasteiger partial charge is 0.494 e. The van der Waals surface area contributed by atoms with Gasteiger partial charge in [0.1, 0.15) is 11.3 Å². The fourth-order valence-electron chi connectivity index (χ4n) is 3.37. The van der Waals surface area contributed by atoms with Gasteiger partial charge in [-0.05, 0) is 63.3 Å². The lowest BCUT2D eigenvalue weighted by Crippen LogP contribution is -2.47. The van der Waals surface area contributed by atoms with Gasteiger partial charge in [-0.25, -0.2) is 13.1 Å². The summed E-state index contributed by atoms with van der Waals surface area (Å²) in [6, 6.07) is 4.66. The van der Waals surface area contributed by atoms with Crippen LogP contribution in [0.3, 0.4) is 0 Å². The van der Waals surface area contributed by atoms with Gasteiger partial charge in [-0.1, -0.05) is 0 Å². The van der Waals surface area contributed by atoms with Crippen LogP contribution in [-0.4, -0.2) is 38.9 Å². The van der Waals surface area contributed by atoms with Crippen molar-refractivity contribution in [2.24, 2.45) is 4.99 Å². The number of aryl methyl sites for hydroxylation is 1. The van der Waals surface area contributed by atoms with Crippen LogP contribution in [0.15, 0.2) is 28.1 Å². The molecule has 136 valence electrons. The highest BCUT2D eigenvalue weighted by molar-refractivity contribution is 7.89. The van der Waals surface area contributed by atoms with Crippen molar-refractivity contribution >= 4 is 22.3 Å². The van der Waals surface area contributed by atoms with Crippen molar-refractivity contribution in [2.75, 3.05) is 6.61 Å². The van der Waals surface area contributed by atoms with Crippen molar-refractivity contribution < 1.29 is 17.9 Å². The molecular weight excluding hydrogens is 342 g/mol. The smallest absolute Gasteiger partial charge is 0.253 e. The van der Waals surface area contributed by atoms with Crippen LogP contribution >= 0.6 is 0 Å². The molecule has 25 heavy (non-hydrogen) atoms. The van der Waals surface area contributed by atoms with Gasteiger partial charge in [-0.15, -0.1) is 0 Å². The van der Waals surface area contributed by atoms with E-state index in [0.717, 1.165) is 5.56 Å². The van der Waals surface area contributed by atoms with Gasteiger partial charge < -0.3 is 10.1 Å². The minimum absolute atomic E-state index is 0.0871. The van der Waals surface area contributed by atoms with Gasteiger partial charge in [0.2, 0.25) is 10.0 Å². The lowest BCUT2D eigenvalue weighted by Gasteiger charge is -2.33. The molecule has 1 fully saturated rings. The van der Waals surface area contributed by atoms with E-state index in [9.17, 15) is 13.2 Å². The Kier molecular flexibility index (Phi) is 4.83. The molecule has 0 bridgehead atoms. The Balaban J connectivity index is 1.67. The molecule has 1 aliphatic heterocycles. The first-order valence-electron chi connectivity index (χ1n) is 8.47. The standard InChI is InChI=1S/C17H23N3O4S/c1-3-24-15-5-4-14(10-12(15)2)25(22,23)20-13-6-8-17(9-7-13)16(21)18-11-19-17/h4-5,10-11,13,20H,3,6-9H2,1-2H3,(H,18,19,21). The number of carbonyl (C=O) groups excluding carboxylic acids is 1. The van der Waals surface area contributed by atoms with Crippen LogP contribution in [0.2, 0.25) is 0 Å². The molecule has 1 saturated carbocycles. The normalized spacial score (nSPS) is 26.0. The monoisotopic (exact) mass is 365 g/mol. The number of hydrogen-bond acceptors (Lipinski definition) is 5. The Morgan fingerprint density at radius 3 is 2.64 bits per heavy atom. The number of rotatable bonds is 5. The maximum Gasteiger partial charge on any atom is 0.253 e. The van der Waals surface area contributed by atoms with Gasteiger partial charge >= 0.3 is 0 Å². The zero-order valence-corrected chi connectivity index (χ0v) is 15.2. The van der Waals surface area contributed by atoms with Crippen LogP contribution in [0.4, 0.5) is 0 Å². The molecule has 1 heterocycles. The molecule has 2 aliphatic rings. The van der Waals surface area contributed by atoms with E-state index in [1.807, 2.05) is 13.8 Å². The predicted octanol–water partition coefficient (Wildman–Crippen LogP) is 1.51. The Morgan fingerprint density at radius 2 is 2.08 bits per heavy atom. The van der Waals surface area contributed by atoms with Gasteiger partial charge in [-0.3, -0.25) is 9.79 Å². The molecule has 1 aromatic carbocycles. The van der Waals surface area contributed by atoms with Crippen molar-refractivity contribution in [3.8, 4) is 5.75 Å².